The molecule has 7 heteroatoms. The Morgan fingerprint density at radius 3 is 2.55 bits per heavy atom. The molecule has 3 aromatic carbocycles. The third-order valence-corrected chi connectivity index (χ3v) is 5.11. The predicted octanol–water partition coefficient (Wildman–Crippen LogP) is 5.27. The number of amides is 1. The van der Waals surface area contributed by atoms with Crippen LogP contribution in [0.15, 0.2) is 82.4 Å². The first kappa shape index (κ1) is 19.4. The zero-order valence-electron chi connectivity index (χ0n) is 15.2. The predicted molar refractivity (Wildman–Crippen MR) is 120 cm³/mol. The van der Waals surface area contributed by atoms with Crippen LogP contribution in [-0.2, 0) is 11.3 Å². The standard InChI is InChI=1S/C22H16BrClN4O/c23-17-9-5-15(6-10-17)13-25-27-21(29)14-28-20-4-2-1-3-19(20)26-22(28)16-7-11-18(24)12-8-16/h1-13H,14H2,(H,27,29)/b25-13-. The number of carbonyl (C=O) groups is 1. The molecule has 4 rings (SSSR count). The highest BCUT2D eigenvalue weighted by Crippen LogP contribution is 2.25. The summed E-state index contributed by atoms with van der Waals surface area (Å²) in [5.41, 5.74) is 6.07. The molecule has 1 N–H and O–H groups in total. The first-order valence-corrected chi connectivity index (χ1v) is 10.1. The SMILES string of the molecule is O=C(Cn1c(-c2ccc(Cl)cc2)nc2ccccc21)N/N=C\c1ccc(Br)cc1. The van der Waals surface area contributed by atoms with Crippen molar-refractivity contribution in [2.75, 3.05) is 0 Å². The van der Waals surface area contributed by atoms with E-state index in [-0.39, 0.29) is 12.5 Å². The average molecular weight is 468 g/mol. The molecule has 0 unspecified atom stereocenters. The lowest BCUT2D eigenvalue weighted by molar-refractivity contribution is -0.121. The van der Waals surface area contributed by atoms with Crippen LogP contribution in [0, 0.1) is 0 Å². The van der Waals surface area contributed by atoms with Crippen LogP contribution in [0.5, 0.6) is 0 Å². The first-order valence-electron chi connectivity index (χ1n) is 8.89. The molecule has 29 heavy (non-hydrogen) atoms. The maximum atomic E-state index is 12.5. The largest absolute Gasteiger partial charge is 0.314 e. The number of halogens is 2. The van der Waals surface area contributed by atoms with Crippen LogP contribution in [0.3, 0.4) is 0 Å². The molecular weight excluding hydrogens is 452 g/mol. The number of hydrogen-bond donors (Lipinski definition) is 1. The summed E-state index contributed by atoms with van der Waals surface area (Å²) in [6.07, 6.45) is 1.61. The van der Waals surface area contributed by atoms with Crippen LogP contribution in [0.1, 0.15) is 5.56 Å². The van der Waals surface area contributed by atoms with Crippen molar-refractivity contribution in [2.45, 2.75) is 6.54 Å². The molecule has 4 aromatic rings. The van der Waals surface area contributed by atoms with Gasteiger partial charge >= 0.3 is 0 Å². The van der Waals surface area contributed by atoms with E-state index in [1.165, 1.54) is 0 Å². The number of hydrazone groups is 1. The molecule has 0 atom stereocenters. The van der Waals surface area contributed by atoms with Crippen molar-refractivity contribution in [1.29, 1.82) is 0 Å². The lowest BCUT2D eigenvalue weighted by atomic mass is 10.2. The van der Waals surface area contributed by atoms with Gasteiger partial charge in [-0.1, -0.05) is 51.8 Å². The Balaban J connectivity index is 1.57. The molecule has 0 aliphatic rings. The zero-order chi connectivity index (χ0) is 20.2. The molecule has 0 spiro atoms. The molecule has 0 saturated heterocycles. The normalized spacial score (nSPS) is 11.2. The first-order chi connectivity index (χ1) is 14.1. The van der Waals surface area contributed by atoms with Crippen LogP contribution in [0.2, 0.25) is 5.02 Å². The fraction of sp³-hybridized carbons (Fsp3) is 0.0455. The third kappa shape index (κ3) is 4.55. The number of hydrogen-bond acceptors (Lipinski definition) is 3. The van der Waals surface area contributed by atoms with Crippen molar-refractivity contribution in [3.63, 3.8) is 0 Å². The van der Waals surface area contributed by atoms with Gasteiger partial charge in [0.15, 0.2) is 0 Å². The van der Waals surface area contributed by atoms with Gasteiger partial charge in [0.1, 0.15) is 12.4 Å². The van der Waals surface area contributed by atoms with E-state index in [2.05, 4.69) is 26.5 Å². The Morgan fingerprint density at radius 1 is 1.07 bits per heavy atom. The summed E-state index contributed by atoms with van der Waals surface area (Å²) in [6, 6.07) is 22.8. The number of rotatable bonds is 5. The van der Waals surface area contributed by atoms with Crippen molar-refractivity contribution in [3.05, 3.63) is 87.9 Å². The maximum absolute atomic E-state index is 12.5. The van der Waals surface area contributed by atoms with Crippen molar-refractivity contribution >= 4 is 50.7 Å². The summed E-state index contributed by atoms with van der Waals surface area (Å²) >= 11 is 9.40. The third-order valence-electron chi connectivity index (χ3n) is 4.33. The number of aromatic nitrogens is 2. The molecule has 0 saturated carbocycles. The monoisotopic (exact) mass is 466 g/mol. The quantitative estimate of drug-likeness (QED) is 0.321. The minimum absolute atomic E-state index is 0.0934. The van der Waals surface area contributed by atoms with E-state index in [0.29, 0.717) is 10.8 Å². The molecule has 1 aromatic heterocycles. The fourth-order valence-corrected chi connectivity index (χ4v) is 3.35. The molecule has 144 valence electrons. The molecule has 0 fully saturated rings. The van der Waals surface area contributed by atoms with Gasteiger partial charge < -0.3 is 4.57 Å². The van der Waals surface area contributed by atoms with Crippen LogP contribution >= 0.6 is 27.5 Å². The summed E-state index contributed by atoms with van der Waals surface area (Å²) in [7, 11) is 0. The second-order valence-corrected chi connectivity index (χ2v) is 7.71. The van der Waals surface area contributed by atoms with Gasteiger partial charge in [0.2, 0.25) is 0 Å². The van der Waals surface area contributed by atoms with Gasteiger partial charge in [-0.15, -0.1) is 0 Å². The average Bonchev–Trinajstić information content (AvgIpc) is 3.08. The van der Waals surface area contributed by atoms with E-state index >= 15 is 0 Å². The maximum Gasteiger partial charge on any atom is 0.260 e. The molecule has 0 aliphatic carbocycles. The van der Waals surface area contributed by atoms with Crippen molar-refractivity contribution < 1.29 is 4.79 Å². The molecule has 1 heterocycles. The Hall–Kier alpha value is -2.96. The number of fused-ring (bicyclic) bond motifs is 1. The van der Waals surface area contributed by atoms with Gasteiger partial charge in [-0.2, -0.15) is 5.10 Å². The highest BCUT2D eigenvalue weighted by atomic mass is 79.9. The minimum Gasteiger partial charge on any atom is -0.314 e. The van der Waals surface area contributed by atoms with Crippen LogP contribution < -0.4 is 5.43 Å². The molecule has 5 nitrogen and oxygen atoms in total. The summed E-state index contributed by atoms with van der Waals surface area (Å²) < 4.78 is 2.86. The van der Waals surface area contributed by atoms with Crippen LogP contribution in [-0.4, -0.2) is 21.7 Å². The van der Waals surface area contributed by atoms with Crippen molar-refractivity contribution in [3.8, 4) is 11.4 Å². The number of imidazole rings is 1. The molecular formula is C22H16BrClN4O. The summed E-state index contributed by atoms with van der Waals surface area (Å²) in [4.78, 5) is 17.2. The zero-order valence-corrected chi connectivity index (χ0v) is 17.6. The van der Waals surface area contributed by atoms with Gasteiger partial charge in [0.05, 0.1) is 17.2 Å². The highest BCUT2D eigenvalue weighted by molar-refractivity contribution is 9.10. The van der Waals surface area contributed by atoms with Crippen molar-refractivity contribution in [2.24, 2.45) is 5.10 Å². The topological polar surface area (TPSA) is 59.3 Å². The van der Waals surface area contributed by atoms with E-state index in [1.807, 2.05) is 77.4 Å². The summed E-state index contributed by atoms with van der Waals surface area (Å²) in [6.45, 7) is 0.0934. The number of nitrogens with zero attached hydrogens (tertiary/aromatic N) is 3. The smallest absolute Gasteiger partial charge is 0.260 e. The minimum atomic E-state index is -0.239. The van der Waals surface area contributed by atoms with Gasteiger partial charge in [0, 0.05) is 15.1 Å². The lowest BCUT2D eigenvalue weighted by Crippen LogP contribution is -2.23. The number of benzene rings is 3. The van der Waals surface area contributed by atoms with Gasteiger partial charge in [-0.05, 0) is 54.1 Å². The van der Waals surface area contributed by atoms with E-state index in [0.717, 1.165) is 26.6 Å². The Kier molecular flexibility index (Phi) is 5.74. The number of para-hydroxylation sites is 2. The van der Waals surface area contributed by atoms with Gasteiger partial charge in [-0.3, -0.25) is 4.79 Å². The molecule has 0 bridgehead atoms. The second-order valence-electron chi connectivity index (χ2n) is 6.36. The Morgan fingerprint density at radius 2 is 1.79 bits per heavy atom. The number of carbonyl (C=O) groups excluding carboxylic acids is 1. The summed E-state index contributed by atoms with van der Waals surface area (Å²) in [5, 5.41) is 4.70. The van der Waals surface area contributed by atoms with Crippen LogP contribution in [0.25, 0.3) is 22.4 Å². The Bertz CT molecular complexity index is 1180. The van der Waals surface area contributed by atoms with Gasteiger partial charge in [0.25, 0.3) is 5.91 Å². The highest BCUT2D eigenvalue weighted by Gasteiger charge is 2.15. The van der Waals surface area contributed by atoms with E-state index < -0.39 is 0 Å². The van der Waals surface area contributed by atoms with Gasteiger partial charge in [-0.25, -0.2) is 10.4 Å². The lowest BCUT2D eigenvalue weighted by Gasteiger charge is -2.08. The fourth-order valence-electron chi connectivity index (χ4n) is 2.96. The molecule has 1 amide bonds. The van der Waals surface area contributed by atoms with Crippen LogP contribution in [0.4, 0.5) is 0 Å². The van der Waals surface area contributed by atoms with E-state index in [1.54, 1.807) is 6.21 Å². The molecule has 0 aliphatic heterocycles. The molecule has 0 radical (unpaired) electrons. The van der Waals surface area contributed by atoms with E-state index in [9.17, 15) is 4.79 Å². The number of nitrogens with one attached hydrogen (secondary N) is 1. The van der Waals surface area contributed by atoms with E-state index in [4.69, 9.17) is 16.6 Å². The summed E-state index contributed by atoms with van der Waals surface area (Å²) in [5.74, 6) is 0.464. The Labute approximate surface area is 181 Å². The second kappa shape index (κ2) is 8.59. The van der Waals surface area contributed by atoms with Crippen molar-refractivity contribution in [1.82, 2.24) is 15.0 Å².